The molecule has 0 spiro atoms. The van der Waals surface area contributed by atoms with E-state index in [0.717, 1.165) is 26.2 Å². The van der Waals surface area contributed by atoms with Gasteiger partial charge in [-0.15, -0.1) is 24.0 Å². The van der Waals surface area contributed by atoms with Crippen molar-refractivity contribution in [1.29, 1.82) is 0 Å². The van der Waals surface area contributed by atoms with Crippen molar-refractivity contribution < 1.29 is 4.74 Å². The van der Waals surface area contributed by atoms with E-state index in [1.165, 1.54) is 0 Å². The summed E-state index contributed by atoms with van der Waals surface area (Å²) in [6.07, 6.45) is 0. The van der Waals surface area contributed by atoms with Crippen molar-refractivity contribution in [2.45, 2.75) is 26.8 Å². The second kappa shape index (κ2) is 12.4. The number of likely N-dealkylation sites (N-methyl/N-ethyl adjacent to an activating group) is 1. The zero-order valence-electron chi connectivity index (χ0n) is 11.4. The number of methoxy groups -OCH3 is 1. The molecule has 0 saturated heterocycles. The minimum atomic E-state index is 0. The van der Waals surface area contributed by atoms with E-state index in [4.69, 9.17) is 10.5 Å². The van der Waals surface area contributed by atoms with Crippen LogP contribution in [0.2, 0.25) is 0 Å². The molecule has 0 amide bonds. The number of halogens is 1. The first kappa shape index (κ1) is 19.3. The van der Waals surface area contributed by atoms with Crippen LogP contribution < -0.4 is 11.1 Å². The summed E-state index contributed by atoms with van der Waals surface area (Å²) in [6, 6.07) is 0.196. The van der Waals surface area contributed by atoms with Gasteiger partial charge in [-0.2, -0.15) is 0 Å². The van der Waals surface area contributed by atoms with Gasteiger partial charge in [0, 0.05) is 19.7 Å². The molecule has 0 aliphatic heterocycles. The number of nitrogens with one attached hydrogen (secondary N) is 1. The Morgan fingerprint density at radius 3 is 2.47 bits per heavy atom. The molecule has 104 valence electrons. The van der Waals surface area contributed by atoms with Gasteiger partial charge in [-0.05, 0) is 20.0 Å². The molecule has 0 aliphatic rings. The second-order valence-corrected chi connectivity index (χ2v) is 3.79. The Balaban J connectivity index is 0. The highest BCUT2D eigenvalue weighted by Crippen LogP contribution is 1.87. The lowest BCUT2D eigenvalue weighted by molar-refractivity contribution is 0.179. The maximum absolute atomic E-state index is 5.74. The molecule has 1 atom stereocenters. The third-order valence-corrected chi connectivity index (χ3v) is 2.40. The highest BCUT2D eigenvalue weighted by Gasteiger charge is 2.01. The summed E-state index contributed by atoms with van der Waals surface area (Å²) < 4.78 is 5.00. The lowest BCUT2D eigenvalue weighted by Crippen LogP contribution is -2.41. The van der Waals surface area contributed by atoms with Crippen LogP contribution in [0.5, 0.6) is 0 Å². The molecule has 0 fully saturated rings. The van der Waals surface area contributed by atoms with Crippen LogP contribution in [0.15, 0.2) is 4.99 Å². The van der Waals surface area contributed by atoms with Crippen molar-refractivity contribution in [1.82, 2.24) is 10.2 Å². The summed E-state index contributed by atoms with van der Waals surface area (Å²) in [4.78, 5) is 6.58. The number of hydrogen-bond acceptors (Lipinski definition) is 3. The van der Waals surface area contributed by atoms with Gasteiger partial charge in [-0.3, -0.25) is 4.99 Å². The Labute approximate surface area is 122 Å². The van der Waals surface area contributed by atoms with Gasteiger partial charge in [0.05, 0.1) is 13.2 Å². The lowest BCUT2D eigenvalue weighted by Gasteiger charge is -2.17. The summed E-state index contributed by atoms with van der Waals surface area (Å²) in [7, 11) is 1.67. The molecule has 0 bridgehead atoms. The predicted octanol–water partition coefficient (Wildman–Crippen LogP) is 0.885. The average Bonchev–Trinajstić information content (AvgIpc) is 2.24. The molecule has 0 aromatic heterocycles. The normalized spacial score (nSPS) is 13.4. The topological polar surface area (TPSA) is 62.9 Å². The fourth-order valence-electron chi connectivity index (χ4n) is 1.44. The number of aliphatic imine (C=N–C) groups is 1. The van der Waals surface area contributed by atoms with E-state index in [2.05, 4.69) is 29.1 Å². The Hall–Kier alpha value is -0.0800. The molecule has 0 aromatic rings. The molecule has 6 heteroatoms. The Morgan fingerprint density at radius 2 is 2.00 bits per heavy atom. The zero-order chi connectivity index (χ0) is 12.4. The van der Waals surface area contributed by atoms with Gasteiger partial charge in [-0.1, -0.05) is 13.8 Å². The van der Waals surface area contributed by atoms with Crippen molar-refractivity contribution in [3.63, 3.8) is 0 Å². The number of nitrogens with two attached hydrogens (primary N) is 1. The number of hydrogen-bond donors (Lipinski definition) is 2. The molecular weight excluding hydrogens is 331 g/mol. The van der Waals surface area contributed by atoms with Gasteiger partial charge in [0.25, 0.3) is 0 Å². The third-order valence-electron chi connectivity index (χ3n) is 2.40. The lowest BCUT2D eigenvalue weighted by atomic mass is 10.4. The average molecular weight is 358 g/mol. The molecule has 0 aliphatic carbocycles. The standard InChI is InChI=1S/C11H26N4O.HI/c1-5-15(6-2)8-7-13-11(12)14-10(3)9-16-4;/h10H,5-9H2,1-4H3,(H3,12,13,14);1H. The van der Waals surface area contributed by atoms with Crippen LogP contribution in [0, 0.1) is 0 Å². The summed E-state index contributed by atoms with van der Waals surface area (Å²) in [5.41, 5.74) is 5.74. The fraction of sp³-hybridized carbons (Fsp3) is 0.909. The highest BCUT2D eigenvalue weighted by atomic mass is 127. The van der Waals surface area contributed by atoms with Crippen molar-refractivity contribution in [3.8, 4) is 0 Å². The second-order valence-electron chi connectivity index (χ2n) is 3.79. The van der Waals surface area contributed by atoms with Crippen LogP contribution in [-0.4, -0.2) is 56.8 Å². The minimum Gasteiger partial charge on any atom is -0.383 e. The van der Waals surface area contributed by atoms with Gasteiger partial charge >= 0.3 is 0 Å². The van der Waals surface area contributed by atoms with Gasteiger partial charge in [0.2, 0.25) is 0 Å². The molecule has 0 aromatic carbocycles. The van der Waals surface area contributed by atoms with Crippen molar-refractivity contribution in [2.24, 2.45) is 10.7 Å². The molecule has 5 nitrogen and oxygen atoms in total. The monoisotopic (exact) mass is 358 g/mol. The Bertz CT molecular complexity index is 198. The first-order chi connectivity index (χ1) is 7.63. The predicted molar refractivity (Wildman–Crippen MR) is 84.2 cm³/mol. The van der Waals surface area contributed by atoms with E-state index in [9.17, 15) is 0 Å². The molecule has 0 rings (SSSR count). The van der Waals surface area contributed by atoms with Crippen LogP contribution in [0.25, 0.3) is 0 Å². The van der Waals surface area contributed by atoms with E-state index in [1.807, 2.05) is 6.92 Å². The van der Waals surface area contributed by atoms with Gasteiger partial charge in [0.15, 0.2) is 5.96 Å². The third kappa shape index (κ3) is 10.8. The molecule has 0 saturated carbocycles. The van der Waals surface area contributed by atoms with E-state index in [-0.39, 0.29) is 30.0 Å². The van der Waals surface area contributed by atoms with Crippen LogP contribution in [0.4, 0.5) is 0 Å². The smallest absolute Gasteiger partial charge is 0.188 e. The number of guanidine groups is 1. The van der Waals surface area contributed by atoms with Crippen molar-refractivity contribution >= 4 is 29.9 Å². The van der Waals surface area contributed by atoms with Crippen LogP contribution in [-0.2, 0) is 4.74 Å². The van der Waals surface area contributed by atoms with Crippen LogP contribution in [0.3, 0.4) is 0 Å². The largest absolute Gasteiger partial charge is 0.383 e. The maximum Gasteiger partial charge on any atom is 0.188 e. The molecule has 0 heterocycles. The zero-order valence-corrected chi connectivity index (χ0v) is 13.7. The highest BCUT2D eigenvalue weighted by molar-refractivity contribution is 14.0. The van der Waals surface area contributed by atoms with Crippen LogP contribution >= 0.6 is 24.0 Å². The molecule has 0 radical (unpaired) electrons. The van der Waals surface area contributed by atoms with Gasteiger partial charge < -0.3 is 20.7 Å². The van der Waals surface area contributed by atoms with Crippen molar-refractivity contribution in [2.75, 3.05) is 39.9 Å². The Morgan fingerprint density at radius 1 is 1.41 bits per heavy atom. The number of rotatable bonds is 8. The maximum atomic E-state index is 5.74. The fourth-order valence-corrected chi connectivity index (χ4v) is 1.44. The van der Waals surface area contributed by atoms with Gasteiger partial charge in [0.1, 0.15) is 0 Å². The summed E-state index contributed by atoms with van der Waals surface area (Å²) in [5, 5.41) is 3.07. The van der Waals surface area contributed by atoms with E-state index in [0.29, 0.717) is 12.6 Å². The summed E-state index contributed by atoms with van der Waals surface area (Å²) in [6.45, 7) is 10.7. The molecular formula is C11H27IN4O. The first-order valence-corrected chi connectivity index (χ1v) is 5.91. The van der Waals surface area contributed by atoms with Gasteiger partial charge in [-0.25, -0.2) is 0 Å². The first-order valence-electron chi connectivity index (χ1n) is 5.91. The number of ether oxygens (including phenoxy) is 1. The Kier molecular flexibility index (Phi) is 14.0. The van der Waals surface area contributed by atoms with Crippen LogP contribution in [0.1, 0.15) is 20.8 Å². The van der Waals surface area contributed by atoms with Crippen molar-refractivity contribution in [3.05, 3.63) is 0 Å². The van der Waals surface area contributed by atoms with E-state index in [1.54, 1.807) is 7.11 Å². The molecule has 1 unspecified atom stereocenters. The van der Waals surface area contributed by atoms with E-state index < -0.39 is 0 Å². The summed E-state index contributed by atoms with van der Waals surface area (Å²) >= 11 is 0. The summed E-state index contributed by atoms with van der Waals surface area (Å²) in [5.74, 6) is 0.497. The molecule has 3 N–H and O–H groups in total. The molecule has 17 heavy (non-hydrogen) atoms. The SMILES string of the molecule is CCN(CC)CCN=C(N)NC(C)COC.I. The minimum absolute atomic E-state index is 0. The quantitative estimate of drug-likeness (QED) is 0.384. The number of nitrogens with zero attached hydrogens (tertiary/aromatic N) is 2. The van der Waals surface area contributed by atoms with E-state index >= 15 is 0 Å².